The second-order valence-corrected chi connectivity index (χ2v) is 4.56. The summed E-state index contributed by atoms with van der Waals surface area (Å²) in [6, 6.07) is 6.86. The lowest BCUT2D eigenvalue weighted by Gasteiger charge is -2.13. The molecule has 0 aliphatic carbocycles. The van der Waals surface area contributed by atoms with E-state index in [1.165, 1.54) is 0 Å². The van der Waals surface area contributed by atoms with Crippen LogP contribution in [0, 0.1) is 5.92 Å². The van der Waals surface area contributed by atoms with Crippen LogP contribution in [0.3, 0.4) is 0 Å². The van der Waals surface area contributed by atoms with Gasteiger partial charge in [0.25, 0.3) is 0 Å². The van der Waals surface area contributed by atoms with Gasteiger partial charge < -0.3 is 5.73 Å². The summed E-state index contributed by atoms with van der Waals surface area (Å²) in [5.41, 5.74) is 6.44. The third kappa shape index (κ3) is 3.93. The topological polar surface area (TPSA) is 43.1 Å². The van der Waals surface area contributed by atoms with Crippen molar-refractivity contribution < 1.29 is 4.79 Å². The largest absolute Gasteiger partial charge is 0.321 e. The molecule has 0 spiro atoms. The van der Waals surface area contributed by atoms with Gasteiger partial charge in [-0.3, -0.25) is 4.79 Å². The second-order valence-electron chi connectivity index (χ2n) is 3.64. The van der Waals surface area contributed by atoms with Gasteiger partial charge in [-0.25, -0.2) is 0 Å². The SMILES string of the molecule is CC(C)C(N)C(=O)c1ccc(Br)cc1.Cl. The maximum absolute atomic E-state index is 11.8. The molecule has 2 nitrogen and oxygen atoms in total. The van der Waals surface area contributed by atoms with E-state index in [1.807, 2.05) is 26.0 Å². The zero-order valence-electron chi connectivity index (χ0n) is 8.74. The number of hydrogen-bond acceptors (Lipinski definition) is 2. The zero-order valence-corrected chi connectivity index (χ0v) is 11.1. The summed E-state index contributed by atoms with van der Waals surface area (Å²) in [4.78, 5) is 11.8. The minimum Gasteiger partial charge on any atom is -0.321 e. The van der Waals surface area contributed by atoms with E-state index in [0.29, 0.717) is 5.56 Å². The summed E-state index contributed by atoms with van der Waals surface area (Å²) in [5.74, 6) is 0.179. The summed E-state index contributed by atoms with van der Waals surface area (Å²) < 4.78 is 0.965. The van der Waals surface area contributed by atoms with Crippen molar-refractivity contribution in [3.05, 3.63) is 34.3 Å². The third-order valence-corrected chi connectivity index (χ3v) is 2.68. The van der Waals surface area contributed by atoms with Crippen LogP contribution in [-0.2, 0) is 0 Å². The Hall–Kier alpha value is -0.380. The molecule has 1 aromatic rings. The molecule has 0 fully saturated rings. The third-order valence-electron chi connectivity index (χ3n) is 2.15. The number of ketones is 1. The van der Waals surface area contributed by atoms with E-state index >= 15 is 0 Å². The molecule has 0 saturated carbocycles. The van der Waals surface area contributed by atoms with Crippen LogP contribution in [0.15, 0.2) is 28.7 Å². The summed E-state index contributed by atoms with van der Waals surface area (Å²) in [6.45, 7) is 3.89. The first-order valence-corrected chi connectivity index (χ1v) is 5.37. The van der Waals surface area contributed by atoms with E-state index in [9.17, 15) is 4.79 Å². The zero-order chi connectivity index (χ0) is 10.7. The highest BCUT2D eigenvalue weighted by Crippen LogP contribution is 2.13. The van der Waals surface area contributed by atoms with Crippen molar-refractivity contribution in [1.82, 2.24) is 0 Å². The molecule has 0 heterocycles. The lowest BCUT2D eigenvalue weighted by Crippen LogP contribution is -2.35. The predicted octanol–water partition coefficient (Wildman–Crippen LogP) is 3.04. The van der Waals surface area contributed by atoms with Gasteiger partial charge in [0.15, 0.2) is 5.78 Å². The molecule has 0 aliphatic heterocycles. The van der Waals surface area contributed by atoms with Gasteiger partial charge in [0, 0.05) is 10.0 Å². The number of carbonyl (C=O) groups is 1. The first-order chi connectivity index (χ1) is 6.52. The molecule has 2 N–H and O–H groups in total. The molecule has 0 radical (unpaired) electrons. The molecule has 1 rings (SSSR count). The molecule has 0 aliphatic rings. The van der Waals surface area contributed by atoms with Crippen LogP contribution in [0.5, 0.6) is 0 Å². The van der Waals surface area contributed by atoms with Crippen LogP contribution < -0.4 is 5.73 Å². The first kappa shape index (κ1) is 14.6. The normalized spacial score (nSPS) is 12.1. The fraction of sp³-hybridized carbons (Fsp3) is 0.364. The Bertz CT molecular complexity index is 324. The maximum Gasteiger partial charge on any atom is 0.179 e. The number of hydrogen-bond donors (Lipinski definition) is 1. The van der Waals surface area contributed by atoms with Gasteiger partial charge in [-0.2, -0.15) is 0 Å². The van der Waals surface area contributed by atoms with Gasteiger partial charge in [-0.05, 0) is 18.1 Å². The molecule has 0 saturated heterocycles. The fourth-order valence-electron chi connectivity index (χ4n) is 1.11. The number of carbonyl (C=O) groups excluding carboxylic acids is 1. The van der Waals surface area contributed by atoms with Crippen LogP contribution in [0.4, 0.5) is 0 Å². The maximum atomic E-state index is 11.8. The molecule has 0 amide bonds. The number of nitrogens with two attached hydrogens (primary N) is 1. The van der Waals surface area contributed by atoms with Crippen molar-refractivity contribution in [2.75, 3.05) is 0 Å². The van der Waals surface area contributed by atoms with Gasteiger partial charge in [-0.1, -0.05) is 41.9 Å². The Labute approximate surface area is 105 Å². The van der Waals surface area contributed by atoms with Crippen molar-refractivity contribution in [2.45, 2.75) is 19.9 Å². The average molecular weight is 293 g/mol. The molecule has 0 bridgehead atoms. The average Bonchev–Trinajstić information content (AvgIpc) is 2.16. The lowest BCUT2D eigenvalue weighted by molar-refractivity contribution is 0.0940. The standard InChI is InChI=1S/C11H14BrNO.ClH/c1-7(2)10(13)11(14)8-3-5-9(12)6-4-8;/h3-7,10H,13H2,1-2H3;1H. The van der Waals surface area contributed by atoms with E-state index in [1.54, 1.807) is 12.1 Å². The molecular weight excluding hydrogens is 277 g/mol. The van der Waals surface area contributed by atoms with Gasteiger partial charge >= 0.3 is 0 Å². The fourth-order valence-corrected chi connectivity index (χ4v) is 1.37. The molecule has 4 heteroatoms. The Morgan fingerprint density at radius 1 is 1.27 bits per heavy atom. The van der Waals surface area contributed by atoms with Gasteiger partial charge in [0.2, 0.25) is 0 Å². The molecule has 0 aromatic heterocycles. The summed E-state index contributed by atoms with van der Waals surface area (Å²) in [5, 5.41) is 0. The summed E-state index contributed by atoms with van der Waals surface area (Å²) >= 11 is 3.32. The number of halogens is 2. The van der Waals surface area contributed by atoms with Crippen LogP contribution in [-0.4, -0.2) is 11.8 Å². The molecule has 84 valence electrons. The van der Waals surface area contributed by atoms with Crippen molar-refractivity contribution in [1.29, 1.82) is 0 Å². The van der Waals surface area contributed by atoms with E-state index in [0.717, 1.165) is 4.47 Å². The molecule has 15 heavy (non-hydrogen) atoms. The van der Waals surface area contributed by atoms with Crippen LogP contribution in [0.25, 0.3) is 0 Å². The van der Waals surface area contributed by atoms with Crippen molar-refractivity contribution >= 4 is 34.1 Å². The Morgan fingerprint density at radius 2 is 1.73 bits per heavy atom. The highest BCUT2D eigenvalue weighted by Gasteiger charge is 2.18. The Morgan fingerprint density at radius 3 is 2.13 bits per heavy atom. The summed E-state index contributed by atoms with van der Waals surface area (Å²) in [6.07, 6.45) is 0. The number of Topliss-reactive ketones (excluding diaryl/α,β-unsaturated/α-hetero) is 1. The number of rotatable bonds is 3. The first-order valence-electron chi connectivity index (χ1n) is 4.57. The van der Waals surface area contributed by atoms with E-state index in [-0.39, 0.29) is 24.1 Å². The van der Waals surface area contributed by atoms with Crippen molar-refractivity contribution in [3.8, 4) is 0 Å². The van der Waals surface area contributed by atoms with Crippen LogP contribution in [0.1, 0.15) is 24.2 Å². The van der Waals surface area contributed by atoms with Gasteiger partial charge in [0.05, 0.1) is 6.04 Å². The van der Waals surface area contributed by atoms with Crippen molar-refractivity contribution in [3.63, 3.8) is 0 Å². The van der Waals surface area contributed by atoms with Crippen molar-refractivity contribution in [2.24, 2.45) is 11.7 Å². The van der Waals surface area contributed by atoms with Gasteiger partial charge in [-0.15, -0.1) is 12.4 Å². The van der Waals surface area contributed by atoms with E-state index in [4.69, 9.17) is 5.73 Å². The highest BCUT2D eigenvalue weighted by atomic mass is 79.9. The quantitative estimate of drug-likeness (QED) is 0.870. The van der Waals surface area contributed by atoms with E-state index in [2.05, 4.69) is 15.9 Å². The minimum atomic E-state index is -0.406. The lowest BCUT2D eigenvalue weighted by atomic mass is 9.96. The Balaban J connectivity index is 0.00000196. The monoisotopic (exact) mass is 291 g/mol. The van der Waals surface area contributed by atoms with E-state index < -0.39 is 6.04 Å². The van der Waals surface area contributed by atoms with Gasteiger partial charge in [0.1, 0.15) is 0 Å². The number of benzene rings is 1. The second kappa shape index (κ2) is 6.26. The molecule has 1 unspecified atom stereocenters. The van der Waals surface area contributed by atoms with Crippen LogP contribution >= 0.6 is 28.3 Å². The summed E-state index contributed by atoms with van der Waals surface area (Å²) in [7, 11) is 0. The predicted molar refractivity (Wildman–Crippen MR) is 68.5 cm³/mol. The highest BCUT2D eigenvalue weighted by molar-refractivity contribution is 9.10. The minimum absolute atomic E-state index is 0. The molecular formula is C11H15BrClNO. The molecule has 1 atom stereocenters. The van der Waals surface area contributed by atoms with Crippen LogP contribution in [0.2, 0.25) is 0 Å². The Kier molecular flexibility index (Phi) is 6.10. The smallest absolute Gasteiger partial charge is 0.179 e. The molecule has 1 aromatic carbocycles.